The molecule has 0 amide bonds. The molecular weight excluding hydrogens is 514 g/mol. The number of H-pyrrole nitrogens is 1. The van der Waals surface area contributed by atoms with Gasteiger partial charge in [0.05, 0.1) is 11.2 Å². The number of nitrogens with one attached hydrogen (secondary N) is 2. The highest BCUT2D eigenvalue weighted by Gasteiger charge is 2.17. The molecule has 0 bridgehead atoms. The Morgan fingerprint density at radius 1 is 1.12 bits per heavy atom. The summed E-state index contributed by atoms with van der Waals surface area (Å²) in [5.41, 5.74) is 7.36. The summed E-state index contributed by atoms with van der Waals surface area (Å²) in [6.45, 7) is 20.8. The molecule has 0 saturated carbocycles. The molecule has 0 unspecified atom stereocenters. The summed E-state index contributed by atoms with van der Waals surface area (Å²) in [6, 6.07) is 9.75. The Bertz CT molecular complexity index is 1590. The van der Waals surface area contributed by atoms with Gasteiger partial charge in [0.2, 0.25) is 0 Å². The molecule has 4 rings (SSSR count). The average molecular weight is 553 g/mol. The molecule has 1 saturated heterocycles. The summed E-state index contributed by atoms with van der Waals surface area (Å²) in [5, 5.41) is 11.5. The van der Waals surface area contributed by atoms with Crippen molar-refractivity contribution < 1.29 is 8.78 Å². The van der Waals surface area contributed by atoms with Gasteiger partial charge in [0, 0.05) is 29.3 Å². The van der Waals surface area contributed by atoms with Crippen molar-refractivity contribution in [1.29, 1.82) is 0 Å². The second kappa shape index (κ2) is 13.4. The second-order valence-electron chi connectivity index (χ2n) is 10.3. The zero-order valence-electron chi connectivity index (χ0n) is 24.2. The molecule has 3 aromatic rings. The Morgan fingerprint density at radius 2 is 1.88 bits per heavy atom. The predicted molar refractivity (Wildman–Crippen MR) is 169 cm³/mol. The molecule has 4 nitrogen and oxygen atoms in total. The number of hydrogen-bond acceptors (Lipinski definition) is 3. The molecule has 0 aliphatic carbocycles. The molecule has 41 heavy (non-hydrogen) atoms. The molecular formula is C35H38F2N4. The lowest BCUT2D eigenvalue weighted by Gasteiger charge is -2.16. The number of fused-ring (bicyclic) bond motifs is 1. The van der Waals surface area contributed by atoms with E-state index in [-0.39, 0.29) is 11.6 Å². The first-order chi connectivity index (χ1) is 19.7. The molecule has 1 aromatic heterocycles. The van der Waals surface area contributed by atoms with Crippen LogP contribution >= 0.6 is 0 Å². The Morgan fingerprint density at radius 3 is 2.54 bits per heavy atom. The summed E-state index contributed by atoms with van der Waals surface area (Å²) in [7, 11) is 0. The summed E-state index contributed by atoms with van der Waals surface area (Å²) in [4.78, 5) is 2.39. The normalized spacial score (nSPS) is 15.7. The number of aromatic amines is 1. The van der Waals surface area contributed by atoms with Crippen LogP contribution in [0.25, 0.3) is 27.7 Å². The number of rotatable bonds is 11. The van der Waals surface area contributed by atoms with Crippen molar-refractivity contribution in [2.45, 2.75) is 33.6 Å². The number of nitrogens with zero attached hydrogens (tertiary/aromatic N) is 2. The minimum Gasteiger partial charge on any atom is -0.358 e. The van der Waals surface area contributed by atoms with Crippen molar-refractivity contribution in [3.63, 3.8) is 0 Å². The zero-order valence-corrected chi connectivity index (χ0v) is 24.2. The molecule has 0 radical (unpaired) electrons. The molecule has 1 aliphatic rings. The number of benzene rings is 2. The van der Waals surface area contributed by atoms with Gasteiger partial charge in [-0.3, -0.25) is 10.00 Å². The van der Waals surface area contributed by atoms with Crippen LogP contribution in [0, 0.1) is 11.6 Å². The van der Waals surface area contributed by atoms with Gasteiger partial charge in [-0.1, -0.05) is 62.2 Å². The molecule has 6 heteroatoms. The highest BCUT2D eigenvalue weighted by Crippen LogP contribution is 2.31. The summed E-state index contributed by atoms with van der Waals surface area (Å²) >= 11 is 0. The molecule has 0 atom stereocenters. The van der Waals surface area contributed by atoms with Crippen LogP contribution in [-0.2, 0) is 0 Å². The number of likely N-dealkylation sites (tertiary alicyclic amines) is 1. The first kappa shape index (κ1) is 29.7. The SMILES string of the molecule is C=C/C=C(\C(C)=C(/C)NC(=C)c1n[nH]c2cc(F)c(C(/C=C(\C=C)CN3CCCC3)=C/C)cc12)c1cccc(F)c1. The van der Waals surface area contributed by atoms with Gasteiger partial charge in [0.15, 0.2) is 0 Å². The van der Waals surface area contributed by atoms with Crippen LogP contribution in [0.2, 0.25) is 0 Å². The topological polar surface area (TPSA) is 44.0 Å². The first-order valence-electron chi connectivity index (χ1n) is 13.9. The highest BCUT2D eigenvalue weighted by molar-refractivity contribution is 5.93. The minimum absolute atomic E-state index is 0.307. The molecule has 212 valence electrons. The van der Waals surface area contributed by atoms with Crippen molar-refractivity contribution in [1.82, 2.24) is 20.4 Å². The second-order valence-corrected chi connectivity index (χ2v) is 10.3. The third-order valence-electron chi connectivity index (χ3n) is 7.49. The van der Waals surface area contributed by atoms with Crippen molar-refractivity contribution in [2.75, 3.05) is 19.6 Å². The van der Waals surface area contributed by atoms with E-state index in [0.717, 1.165) is 58.6 Å². The van der Waals surface area contributed by atoms with Crippen molar-refractivity contribution in [3.8, 4) is 0 Å². The van der Waals surface area contributed by atoms with Crippen molar-refractivity contribution >= 4 is 27.7 Å². The van der Waals surface area contributed by atoms with Gasteiger partial charge in [-0.2, -0.15) is 5.10 Å². The standard InChI is InChI=1S/C35H38F2N4/c1-7-13-30(28-14-12-15-29(36)19-28)23(4)24(5)38-25(6)35-32-20-31(33(37)21-34(32)39-40-35)27(9-3)18-26(8-2)22-41-16-10-11-17-41/h7-9,12-15,18-21,38H,1-2,6,10-11,16-17,22H2,3-5H3,(H,39,40)/b24-23+,26-18+,27-9+,30-13+. The van der Waals surface area contributed by atoms with Crippen molar-refractivity contribution in [3.05, 3.63) is 132 Å². The fourth-order valence-electron chi connectivity index (χ4n) is 5.17. The van der Waals surface area contributed by atoms with E-state index in [1.54, 1.807) is 12.1 Å². The van der Waals surface area contributed by atoms with Crippen LogP contribution in [0.15, 0.2) is 103 Å². The third kappa shape index (κ3) is 6.90. The van der Waals surface area contributed by atoms with E-state index in [1.165, 1.54) is 31.0 Å². The van der Waals surface area contributed by atoms with Gasteiger partial charge in [-0.05, 0) is 92.8 Å². The summed E-state index contributed by atoms with van der Waals surface area (Å²) in [6.07, 6.45) is 11.7. The monoisotopic (exact) mass is 552 g/mol. The quantitative estimate of drug-likeness (QED) is 0.234. The number of aromatic nitrogens is 2. The fourth-order valence-corrected chi connectivity index (χ4v) is 5.17. The Balaban J connectivity index is 1.65. The van der Waals surface area contributed by atoms with Gasteiger partial charge < -0.3 is 5.32 Å². The van der Waals surface area contributed by atoms with Crippen LogP contribution in [0.4, 0.5) is 8.78 Å². The largest absolute Gasteiger partial charge is 0.358 e. The van der Waals surface area contributed by atoms with Gasteiger partial charge in [-0.15, -0.1) is 0 Å². The van der Waals surface area contributed by atoms with E-state index in [1.807, 2.05) is 57.2 Å². The van der Waals surface area contributed by atoms with E-state index in [0.29, 0.717) is 22.5 Å². The van der Waals surface area contributed by atoms with Gasteiger partial charge in [0.1, 0.15) is 17.3 Å². The van der Waals surface area contributed by atoms with Crippen LogP contribution in [0.1, 0.15) is 50.4 Å². The average Bonchev–Trinajstić information content (AvgIpc) is 3.63. The Hall–Kier alpha value is -4.29. The maximum atomic E-state index is 15.4. The Kier molecular flexibility index (Phi) is 9.69. The lowest BCUT2D eigenvalue weighted by Crippen LogP contribution is -2.21. The van der Waals surface area contributed by atoms with Gasteiger partial charge >= 0.3 is 0 Å². The van der Waals surface area contributed by atoms with E-state index >= 15 is 4.39 Å². The third-order valence-corrected chi connectivity index (χ3v) is 7.49. The van der Waals surface area contributed by atoms with Gasteiger partial charge in [-0.25, -0.2) is 8.78 Å². The molecule has 2 heterocycles. The predicted octanol–water partition coefficient (Wildman–Crippen LogP) is 8.58. The number of allylic oxidation sites excluding steroid dienone is 8. The molecule has 1 fully saturated rings. The molecule has 1 aliphatic heterocycles. The summed E-state index contributed by atoms with van der Waals surface area (Å²) in [5.74, 6) is -0.640. The van der Waals surface area contributed by atoms with Crippen molar-refractivity contribution in [2.24, 2.45) is 0 Å². The highest BCUT2D eigenvalue weighted by atomic mass is 19.1. The number of hydrogen-bond donors (Lipinski definition) is 2. The Labute approximate surface area is 241 Å². The zero-order chi connectivity index (χ0) is 29.5. The van der Waals surface area contributed by atoms with Crippen LogP contribution in [0.3, 0.4) is 0 Å². The number of halogens is 2. The smallest absolute Gasteiger partial charge is 0.133 e. The minimum atomic E-state index is -0.332. The molecule has 2 N–H and O–H groups in total. The lowest BCUT2D eigenvalue weighted by molar-refractivity contribution is 0.371. The van der Waals surface area contributed by atoms with E-state index in [9.17, 15) is 4.39 Å². The maximum Gasteiger partial charge on any atom is 0.133 e. The van der Waals surface area contributed by atoms with Gasteiger partial charge in [0.25, 0.3) is 0 Å². The van der Waals surface area contributed by atoms with Crippen LogP contribution in [-0.4, -0.2) is 34.7 Å². The molecule has 0 spiro atoms. The fraction of sp³-hybridized carbons (Fsp3) is 0.229. The van der Waals surface area contributed by atoms with E-state index in [4.69, 9.17) is 0 Å². The van der Waals surface area contributed by atoms with Crippen LogP contribution < -0.4 is 5.32 Å². The van der Waals surface area contributed by atoms with E-state index < -0.39 is 0 Å². The van der Waals surface area contributed by atoms with E-state index in [2.05, 4.69) is 40.2 Å². The lowest BCUT2D eigenvalue weighted by atomic mass is 9.96. The molecule has 2 aromatic carbocycles. The first-order valence-corrected chi connectivity index (χ1v) is 13.9. The maximum absolute atomic E-state index is 15.4. The van der Waals surface area contributed by atoms with Crippen LogP contribution in [0.5, 0.6) is 0 Å². The summed E-state index contributed by atoms with van der Waals surface area (Å²) < 4.78 is 29.3.